The van der Waals surface area contributed by atoms with Gasteiger partial charge in [0.1, 0.15) is 16.8 Å². The van der Waals surface area contributed by atoms with Gasteiger partial charge in [0.2, 0.25) is 5.91 Å². The molecule has 0 aromatic heterocycles. The number of rotatable bonds is 3. The minimum absolute atomic E-state index is 0.00274. The molecule has 1 unspecified atom stereocenters. The second kappa shape index (κ2) is 5.44. The lowest BCUT2D eigenvalue weighted by molar-refractivity contribution is -0.122. The van der Waals surface area contributed by atoms with Gasteiger partial charge in [-0.3, -0.25) is 4.79 Å². The summed E-state index contributed by atoms with van der Waals surface area (Å²) in [6, 6.07) is 5.25. The topological polar surface area (TPSA) is 67.6 Å². The van der Waals surface area contributed by atoms with Crippen molar-refractivity contribution in [3.05, 3.63) is 23.8 Å². The predicted molar refractivity (Wildman–Crippen MR) is 78.7 cm³/mol. The van der Waals surface area contributed by atoms with Crippen molar-refractivity contribution < 1.29 is 9.53 Å². The van der Waals surface area contributed by atoms with Gasteiger partial charge in [-0.2, -0.15) is 0 Å². The highest BCUT2D eigenvalue weighted by molar-refractivity contribution is 7.80. The maximum Gasteiger partial charge on any atom is 0.242 e. The van der Waals surface area contributed by atoms with E-state index < -0.39 is 0 Å². The van der Waals surface area contributed by atoms with E-state index in [1.54, 1.807) is 7.11 Å². The fraction of sp³-hybridized carbons (Fsp3) is 0.385. The minimum Gasteiger partial charge on any atom is -0.497 e. The molecule has 3 N–H and O–H groups in total. The summed E-state index contributed by atoms with van der Waals surface area (Å²) in [6.45, 7) is 3.18. The first-order valence-electron chi connectivity index (χ1n) is 6.06. The number of amides is 1. The van der Waals surface area contributed by atoms with Crippen LogP contribution in [0.3, 0.4) is 0 Å². The third kappa shape index (κ3) is 2.63. The number of carbonyl (C=O) groups is 1. The van der Waals surface area contributed by atoms with Crippen molar-refractivity contribution in [1.82, 2.24) is 5.32 Å². The van der Waals surface area contributed by atoms with Crippen molar-refractivity contribution >= 4 is 28.8 Å². The van der Waals surface area contributed by atoms with Gasteiger partial charge in [0, 0.05) is 24.7 Å². The van der Waals surface area contributed by atoms with Crippen molar-refractivity contribution in [3.63, 3.8) is 0 Å². The highest BCUT2D eigenvalue weighted by Gasteiger charge is 2.27. The lowest BCUT2D eigenvalue weighted by atomic mass is 10.1. The Hall–Kier alpha value is -1.82. The molecule has 1 fully saturated rings. The van der Waals surface area contributed by atoms with Gasteiger partial charge in [-0.05, 0) is 19.1 Å². The fourth-order valence-corrected chi connectivity index (χ4v) is 2.37. The lowest BCUT2D eigenvalue weighted by Crippen LogP contribution is -2.54. The molecule has 1 aromatic rings. The molecule has 0 radical (unpaired) electrons. The molecule has 1 aliphatic heterocycles. The zero-order valence-electron chi connectivity index (χ0n) is 11.0. The first-order valence-corrected chi connectivity index (χ1v) is 6.47. The zero-order chi connectivity index (χ0) is 14.0. The molecule has 19 heavy (non-hydrogen) atoms. The number of anilines is 1. The van der Waals surface area contributed by atoms with Gasteiger partial charge in [-0.1, -0.05) is 12.2 Å². The molecule has 0 aliphatic carbocycles. The van der Waals surface area contributed by atoms with Gasteiger partial charge >= 0.3 is 0 Å². The molecule has 5 nitrogen and oxygen atoms in total. The second-order valence-corrected chi connectivity index (χ2v) is 4.85. The SMILES string of the molecule is COc1ccc(C(N)=S)c(N2CCNC(=O)C2C)c1. The molecule has 0 spiro atoms. The van der Waals surface area contributed by atoms with Gasteiger partial charge in [0.05, 0.1) is 12.8 Å². The van der Waals surface area contributed by atoms with Crippen LogP contribution in [0, 0.1) is 0 Å². The normalized spacial score (nSPS) is 18.9. The molecule has 1 aromatic carbocycles. The molecule has 1 atom stereocenters. The van der Waals surface area contributed by atoms with Gasteiger partial charge in [-0.25, -0.2) is 0 Å². The standard InChI is InChI=1S/C13H17N3O2S/c1-8-13(17)15-5-6-16(8)11-7-9(18-2)3-4-10(11)12(14)19/h3-4,7-8H,5-6H2,1-2H3,(H2,14,19)(H,15,17). The number of benzene rings is 1. The lowest BCUT2D eigenvalue weighted by Gasteiger charge is -2.36. The minimum atomic E-state index is -0.256. The van der Waals surface area contributed by atoms with Crippen LogP contribution in [0.4, 0.5) is 5.69 Å². The van der Waals surface area contributed by atoms with E-state index in [2.05, 4.69) is 5.32 Å². The van der Waals surface area contributed by atoms with Gasteiger partial charge in [-0.15, -0.1) is 0 Å². The van der Waals surface area contributed by atoms with E-state index in [0.717, 1.165) is 17.8 Å². The Balaban J connectivity index is 2.46. The molecular formula is C13H17N3O2S. The van der Waals surface area contributed by atoms with Gasteiger partial charge in [0.15, 0.2) is 0 Å². The van der Waals surface area contributed by atoms with Crippen LogP contribution < -0.4 is 20.7 Å². The molecule has 0 bridgehead atoms. The second-order valence-electron chi connectivity index (χ2n) is 4.41. The number of carbonyl (C=O) groups excluding carboxylic acids is 1. The fourth-order valence-electron chi connectivity index (χ4n) is 2.20. The van der Waals surface area contributed by atoms with Gasteiger partial charge in [0.25, 0.3) is 0 Å². The summed E-state index contributed by atoms with van der Waals surface area (Å²) in [5, 5.41) is 2.83. The van der Waals surface area contributed by atoms with Gasteiger partial charge < -0.3 is 20.7 Å². The van der Waals surface area contributed by atoms with Crippen molar-refractivity contribution in [2.75, 3.05) is 25.1 Å². The van der Waals surface area contributed by atoms with Crippen LogP contribution in [0.1, 0.15) is 12.5 Å². The summed E-state index contributed by atoms with van der Waals surface area (Å²) >= 11 is 5.08. The highest BCUT2D eigenvalue weighted by atomic mass is 32.1. The Morgan fingerprint density at radius 2 is 2.32 bits per heavy atom. The molecule has 1 heterocycles. The summed E-state index contributed by atoms with van der Waals surface area (Å²) < 4.78 is 5.23. The highest BCUT2D eigenvalue weighted by Crippen LogP contribution is 2.28. The Labute approximate surface area is 117 Å². The number of thiocarbonyl (C=S) groups is 1. The molecule has 6 heteroatoms. The number of nitrogens with zero attached hydrogens (tertiary/aromatic N) is 1. The maximum atomic E-state index is 11.8. The Morgan fingerprint density at radius 3 is 2.95 bits per heavy atom. The number of piperazine rings is 1. The number of hydrogen-bond acceptors (Lipinski definition) is 4. The summed E-state index contributed by atoms with van der Waals surface area (Å²) in [4.78, 5) is 14.1. The third-order valence-electron chi connectivity index (χ3n) is 3.28. The average molecular weight is 279 g/mol. The van der Waals surface area contributed by atoms with Crippen molar-refractivity contribution in [1.29, 1.82) is 0 Å². The zero-order valence-corrected chi connectivity index (χ0v) is 11.8. The predicted octanol–water partition coefficient (Wildman–Crippen LogP) is 0.654. The Bertz CT molecular complexity index is 519. The summed E-state index contributed by atoms with van der Waals surface area (Å²) in [6.07, 6.45) is 0. The molecular weight excluding hydrogens is 262 g/mol. The molecule has 102 valence electrons. The number of hydrogen-bond donors (Lipinski definition) is 2. The van der Waals surface area contributed by atoms with Crippen molar-refractivity contribution in [2.45, 2.75) is 13.0 Å². The first-order chi connectivity index (χ1) is 9.04. The van der Waals surface area contributed by atoms with Crippen LogP contribution in [0.25, 0.3) is 0 Å². The average Bonchev–Trinajstić information content (AvgIpc) is 2.41. The number of methoxy groups -OCH3 is 1. The van der Waals surface area contributed by atoms with Crippen molar-refractivity contribution in [3.8, 4) is 5.75 Å². The first kappa shape index (κ1) is 13.6. The summed E-state index contributed by atoms with van der Waals surface area (Å²) in [5.74, 6) is 0.719. The molecule has 0 saturated carbocycles. The van der Waals surface area contributed by atoms with E-state index in [0.29, 0.717) is 17.3 Å². The molecule has 1 amide bonds. The van der Waals surface area contributed by atoms with Crippen LogP contribution >= 0.6 is 12.2 Å². The van der Waals surface area contributed by atoms with Crippen LogP contribution in [0.15, 0.2) is 18.2 Å². The molecule has 1 saturated heterocycles. The number of nitrogens with two attached hydrogens (primary N) is 1. The quantitative estimate of drug-likeness (QED) is 0.795. The van der Waals surface area contributed by atoms with E-state index >= 15 is 0 Å². The van der Waals surface area contributed by atoms with Crippen LogP contribution in [0.5, 0.6) is 5.75 Å². The summed E-state index contributed by atoms with van der Waals surface area (Å²) in [5.41, 5.74) is 7.36. The van der Waals surface area contributed by atoms with E-state index in [1.165, 1.54) is 0 Å². The Morgan fingerprint density at radius 1 is 1.58 bits per heavy atom. The largest absolute Gasteiger partial charge is 0.497 e. The number of nitrogens with one attached hydrogen (secondary N) is 1. The van der Waals surface area contributed by atoms with Crippen LogP contribution in [0.2, 0.25) is 0 Å². The monoisotopic (exact) mass is 279 g/mol. The van der Waals surface area contributed by atoms with E-state index in [9.17, 15) is 4.79 Å². The molecule has 2 rings (SSSR count). The van der Waals surface area contributed by atoms with Crippen LogP contribution in [-0.2, 0) is 4.79 Å². The van der Waals surface area contributed by atoms with E-state index in [4.69, 9.17) is 22.7 Å². The van der Waals surface area contributed by atoms with E-state index in [-0.39, 0.29) is 11.9 Å². The number of ether oxygens (including phenoxy) is 1. The smallest absolute Gasteiger partial charge is 0.242 e. The van der Waals surface area contributed by atoms with E-state index in [1.807, 2.05) is 30.0 Å². The maximum absolute atomic E-state index is 11.8. The third-order valence-corrected chi connectivity index (χ3v) is 3.50. The Kier molecular flexibility index (Phi) is 3.90. The summed E-state index contributed by atoms with van der Waals surface area (Å²) in [7, 11) is 1.60. The molecule has 1 aliphatic rings. The van der Waals surface area contributed by atoms with Crippen LogP contribution in [-0.4, -0.2) is 37.1 Å². The van der Waals surface area contributed by atoms with Crippen molar-refractivity contribution in [2.24, 2.45) is 5.73 Å².